The van der Waals surface area contributed by atoms with E-state index in [0.29, 0.717) is 24.2 Å². The summed E-state index contributed by atoms with van der Waals surface area (Å²) in [6, 6.07) is 22.1. The predicted molar refractivity (Wildman–Crippen MR) is 253 cm³/mol. The third-order valence-corrected chi connectivity index (χ3v) is 11.7. The lowest BCUT2D eigenvalue weighted by Gasteiger charge is -2.32. The van der Waals surface area contributed by atoms with Crippen molar-refractivity contribution in [3.8, 4) is 11.5 Å². The minimum atomic E-state index is -4.73. The van der Waals surface area contributed by atoms with E-state index in [2.05, 4.69) is 58.8 Å². The van der Waals surface area contributed by atoms with Gasteiger partial charge >= 0.3 is 12.7 Å². The molecule has 2 aromatic heterocycles. The number of ether oxygens (including phenoxy) is 2. The second-order valence-corrected chi connectivity index (χ2v) is 17.1. The third kappa shape index (κ3) is 14.8. The van der Waals surface area contributed by atoms with Gasteiger partial charge in [-0.05, 0) is 126 Å². The van der Waals surface area contributed by atoms with Crippen LogP contribution in [0.2, 0.25) is 0 Å². The number of hydrogen-bond acceptors (Lipinski definition) is 12. The molecule has 0 atom stereocenters. The summed E-state index contributed by atoms with van der Waals surface area (Å²) < 4.78 is 81.3. The van der Waals surface area contributed by atoms with Gasteiger partial charge in [-0.1, -0.05) is 24.3 Å². The second-order valence-electron chi connectivity index (χ2n) is 17.1. The van der Waals surface area contributed by atoms with Crippen molar-refractivity contribution in [2.75, 3.05) is 86.9 Å². The molecule has 0 bridgehead atoms. The van der Waals surface area contributed by atoms with Gasteiger partial charge in [-0.15, -0.1) is 26.3 Å². The first-order chi connectivity index (χ1) is 32.8. The Morgan fingerprint density at radius 1 is 0.536 bits per heavy atom. The molecule has 2 aliphatic rings. The number of carbonyl (C=O) groups excluding carboxylic acids is 2. The van der Waals surface area contributed by atoms with Crippen LogP contribution in [-0.4, -0.2) is 121 Å². The van der Waals surface area contributed by atoms with Gasteiger partial charge in [0.15, 0.2) is 0 Å². The number of amides is 2. The molecule has 2 N–H and O–H groups in total. The van der Waals surface area contributed by atoms with Crippen molar-refractivity contribution >= 4 is 56.9 Å². The summed E-state index contributed by atoms with van der Waals surface area (Å²) in [4.78, 5) is 52.7. The number of aryl methyl sites for hydroxylation is 4. The van der Waals surface area contributed by atoms with E-state index in [0.717, 1.165) is 115 Å². The Balaban J connectivity index is 0.000000204. The molecular weight excluding hydrogens is 907 g/mol. The summed E-state index contributed by atoms with van der Waals surface area (Å²) in [5, 5.41) is 7.50. The van der Waals surface area contributed by atoms with E-state index in [1.807, 2.05) is 50.2 Å². The monoisotopic (exact) mass is 960 g/mol. The second kappa shape index (κ2) is 22.1. The summed E-state index contributed by atoms with van der Waals surface area (Å²) in [5.74, 6) is 0.498. The van der Waals surface area contributed by atoms with Crippen LogP contribution in [-0.2, 0) is 22.4 Å². The fourth-order valence-electron chi connectivity index (χ4n) is 7.90. The number of halogens is 6. The van der Waals surface area contributed by atoms with Gasteiger partial charge in [0, 0.05) is 80.8 Å². The Bertz CT molecular complexity index is 2720. The highest BCUT2D eigenvalue weighted by Crippen LogP contribution is 2.28. The number of fused-ring (bicyclic) bond motifs is 2. The van der Waals surface area contributed by atoms with E-state index in [1.54, 1.807) is 0 Å². The lowest BCUT2D eigenvalue weighted by atomic mass is 10.1. The molecule has 0 aliphatic carbocycles. The fraction of sp³-hybridized carbons (Fsp3) is 0.388. The zero-order chi connectivity index (χ0) is 49.3. The number of alkyl halides is 6. The van der Waals surface area contributed by atoms with Gasteiger partial charge in [0.05, 0.1) is 22.4 Å². The summed E-state index contributed by atoms with van der Waals surface area (Å²) in [5.41, 5.74) is 6.10. The number of aromatic nitrogens is 4. The number of nitrogens with zero attached hydrogens (tertiary/aromatic N) is 8. The van der Waals surface area contributed by atoms with Gasteiger partial charge in [0.1, 0.15) is 11.5 Å². The van der Waals surface area contributed by atoms with E-state index in [9.17, 15) is 35.9 Å². The molecule has 6 aromatic rings. The first-order valence-electron chi connectivity index (χ1n) is 22.6. The number of rotatable bonds is 12. The lowest BCUT2D eigenvalue weighted by molar-refractivity contribution is -0.275. The molecule has 4 heterocycles. The van der Waals surface area contributed by atoms with Crippen LogP contribution in [0.4, 0.5) is 49.6 Å². The normalized spacial score (nSPS) is 15.0. The highest BCUT2D eigenvalue weighted by Gasteiger charge is 2.32. The van der Waals surface area contributed by atoms with Crippen molar-refractivity contribution in [1.82, 2.24) is 29.7 Å². The molecule has 8 rings (SSSR count). The van der Waals surface area contributed by atoms with Crippen molar-refractivity contribution in [1.29, 1.82) is 0 Å². The highest BCUT2D eigenvalue weighted by atomic mass is 19.4. The maximum absolute atomic E-state index is 12.5. The van der Waals surface area contributed by atoms with E-state index in [1.165, 1.54) is 48.5 Å². The van der Waals surface area contributed by atoms with Gasteiger partial charge in [-0.3, -0.25) is 9.59 Å². The van der Waals surface area contributed by atoms with Crippen LogP contribution in [0.3, 0.4) is 0 Å². The Hall–Kier alpha value is -6.80. The van der Waals surface area contributed by atoms with Gasteiger partial charge in [0.25, 0.3) is 0 Å². The molecule has 14 nitrogen and oxygen atoms in total. The summed E-state index contributed by atoms with van der Waals surface area (Å²) in [7, 11) is 4.22. The molecule has 0 unspecified atom stereocenters. The Morgan fingerprint density at radius 2 is 0.928 bits per heavy atom. The Labute approximate surface area is 395 Å². The first-order valence-corrected chi connectivity index (χ1v) is 22.6. The molecular formula is C49H54F6N10O4. The van der Waals surface area contributed by atoms with Crippen molar-refractivity contribution in [2.24, 2.45) is 0 Å². The zero-order valence-electron chi connectivity index (χ0n) is 38.8. The average Bonchev–Trinajstić information content (AvgIpc) is 3.52. The Morgan fingerprint density at radius 3 is 1.33 bits per heavy atom. The minimum Gasteiger partial charge on any atom is -0.406 e. The van der Waals surface area contributed by atoms with Crippen LogP contribution in [0.25, 0.3) is 21.8 Å². The highest BCUT2D eigenvalue weighted by molar-refractivity contribution is 5.95. The average molecular weight is 961 g/mol. The van der Waals surface area contributed by atoms with Crippen molar-refractivity contribution < 1.29 is 45.4 Å². The fourth-order valence-corrected chi connectivity index (χ4v) is 7.90. The number of piperazine rings is 1. The number of nitrogens with one attached hydrogen (secondary N) is 2. The summed E-state index contributed by atoms with van der Waals surface area (Å²) in [6.07, 6.45) is -7.23. The van der Waals surface area contributed by atoms with E-state index < -0.39 is 12.7 Å². The van der Waals surface area contributed by atoms with Crippen LogP contribution in [0.15, 0.2) is 84.9 Å². The molecule has 0 saturated carbocycles. The maximum atomic E-state index is 12.5. The lowest BCUT2D eigenvalue weighted by Crippen LogP contribution is -2.45. The van der Waals surface area contributed by atoms with E-state index >= 15 is 0 Å². The standard InChI is InChI=1S/C25H28F3N5O2.C24H26F3N5O2/c1-17-21-16-19(7-10-22(21)31-24(29-17)33-13-3-12-32(2)14-15-33)30-23(34)11-6-18-4-8-20(9-5-18)35-25(26,27)28;1-16-20-15-18(6-9-21(20)30-23(28-16)32-13-11-31(2)12-14-32)29-22(33)10-5-17-3-7-19(8-4-17)34-24(25,26)27/h4-5,7-10,16H,3,6,11-15H2,1-2H3,(H,30,34);3-4,6-9,15H,5,10-14H2,1-2H3,(H,29,33). The molecule has 2 amide bonds. The largest absolute Gasteiger partial charge is 0.573 e. The molecule has 69 heavy (non-hydrogen) atoms. The SMILES string of the molecule is Cc1nc(N2CCCN(C)CC2)nc2ccc(NC(=O)CCc3ccc(OC(F)(F)F)cc3)cc12.Cc1nc(N2CCN(C)CC2)nc2ccc(NC(=O)CCc3ccc(OC(F)(F)F)cc3)cc12. The number of likely N-dealkylation sites (N-methyl/N-ethyl adjacent to an activating group) is 2. The molecule has 0 spiro atoms. The third-order valence-electron chi connectivity index (χ3n) is 11.7. The molecule has 366 valence electrons. The van der Waals surface area contributed by atoms with Gasteiger partial charge < -0.3 is 39.7 Å². The Kier molecular flexibility index (Phi) is 16.0. The molecule has 0 radical (unpaired) electrons. The smallest absolute Gasteiger partial charge is 0.406 e. The van der Waals surface area contributed by atoms with Gasteiger partial charge in [-0.25, -0.2) is 19.9 Å². The van der Waals surface area contributed by atoms with Crippen molar-refractivity contribution in [3.05, 3.63) is 107 Å². The molecule has 2 aliphatic heterocycles. The predicted octanol–water partition coefficient (Wildman–Crippen LogP) is 8.71. The van der Waals surface area contributed by atoms with Crippen molar-refractivity contribution in [3.63, 3.8) is 0 Å². The first kappa shape index (κ1) is 50.1. The molecule has 2 fully saturated rings. The molecule has 20 heteroatoms. The number of hydrogen-bond donors (Lipinski definition) is 2. The van der Waals surface area contributed by atoms with Crippen LogP contribution < -0.4 is 29.9 Å². The maximum Gasteiger partial charge on any atom is 0.573 e. The van der Waals surface area contributed by atoms with E-state index in [4.69, 9.17) is 15.0 Å². The van der Waals surface area contributed by atoms with Crippen LogP contribution in [0, 0.1) is 13.8 Å². The summed E-state index contributed by atoms with van der Waals surface area (Å²) in [6.45, 7) is 11.4. The number of carbonyl (C=O) groups is 2. The van der Waals surface area contributed by atoms with Crippen LogP contribution >= 0.6 is 0 Å². The molecule has 4 aromatic carbocycles. The van der Waals surface area contributed by atoms with E-state index in [-0.39, 0.29) is 36.2 Å². The minimum absolute atomic E-state index is 0.190. The van der Waals surface area contributed by atoms with Crippen LogP contribution in [0.1, 0.15) is 41.8 Å². The topological polar surface area (TPSA) is 141 Å². The van der Waals surface area contributed by atoms with Crippen LogP contribution in [0.5, 0.6) is 11.5 Å². The van der Waals surface area contributed by atoms with Crippen molar-refractivity contribution in [2.45, 2.75) is 58.7 Å². The molecule has 2 saturated heterocycles. The number of benzene rings is 4. The quantitative estimate of drug-likeness (QED) is 0.113. The zero-order valence-corrected chi connectivity index (χ0v) is 38.8. The van der Waals surface area contributed by atoms with Gasteiger partial charge in [-0.2, -0.15) is 0 Å². The summed E-state index contributed by atoms with van der Waals surface area (Å²) >= 11 is 0. The van der Waals surface area contributed by atoms with Gasteiger partial charge in [0.2, 0.25) is 23.7 Å². The number of anilines is 4.